The number of pyridine rings is 7. The van der Waals surface area contributed by atoms with E-state index in [9.17, 15) is 10.5 Å². The lowest BCUT2D eigenvalue weighted by Gasteiger charge is -2.05. The van der Waals surface area contributed by atoms with Crippen molar-refractivity contribution >= 4 is 155 Å². The van der Waals surface area contributed by atoms with Crippen LogP contribution in [0.3, 0.4) is 0 Å². The summed E-state index contributed by atoms with van der Waals surface area (Å²) in [5.41, 5.74) is 32.5. The lowest BCUT2D eigenvalue weighted by Crippen LogP contribution is -2.31. The highest BCUT2D eigenvalue weighted by atomic mass is 16.4. The van der Waals surface area contributed by atoms with Crippen molar-refractivity contribution in [2.45, 2.75) is 41.5 Å². The fourth-order valence-corrected chi connectivity index (χ4v) is 18.6. The summed E-state index contributed by atoms with van der Waals surface area (Å²) in [6, 6.07) is 98.4. The Hall–Kier alpha value is -18.8. The number of aryl methyl sites for hydroxylation is 12. The minimum atomic E-state index is 0.346. The van der Waals surface area contributed by atoms with Gasteiger partial charge in [-0.05, 0) is 154 Å². The summed E-state index contributed by atoms with van der Waals surface area (Å²) in [5.74, 6) is 0.346. The molecule has 11 aromatic carbocycles. The van der Waals surface area contributed by atoms with Crippen molar-refractivity contribution < 1.29 is 53.9 Å². The second-order valence-electron chi connectivity index (χ2n) is 34.2. The van der Waals surface area contributed by atoms with E-state index in [1.807, 2.05) is 254 Å². The quantitative estimate of drug-likeness (QED) is 0.116. The van der Waals surface area contributed by atoms with Gasteiger partial charge in [-0.1, -0.05) is 187 Å². The van der Waals surface area contributed by atoms with E-state index in [-0.39, 0.29) is 0 Å². The average Bonchev–Trinajstić information content (AvgIpc) is 1.57. The molecule has 19 nitrogen and oxygen atoms in total. The Morgan fingerprint density at radius 2 is 0.623 bits per heavy atom. The van der Waals surface area contributed by atoms with Gasteiger partial charge in [0.1, 0.15) is 81.8 Å². The van der Waals surface area contributed by atoms with Crippen LogP contribution in [-0.4, -0.2) is 4.98 Å². The summed E-state index contributed by atoms with van der Waals surface area (Å²) < 4.78 is 49.1. The van der Waals surface area contributed by atoms with Gasteiger partial charge in [-0.2, -0.15) is 37.9 Å². The number of benzene rings is 11. The number of para-hydroxylation sites is 2. The van der Waals surface area contributed by atoms with Crippen LogP contribution >= 0.6 is 0 Å². The van der Waals surface area contributed by atoms with Crippen LogP contribution in [0.2, 0.25) is 0 Å². The number of fused-ring (bicyclic) bond motifs is 18. The van der Waals surface area contributed by atoms with Crippen molar-refractivity contribution in [1.29, 1.82) is 10.5 Å². The first kappa shape index (κ1) is 88.5. The second-order valence-corrected chi connectivity index (χ2v) is 34.2. The molecule has 0 spiro atoms. The first-order valence-electron chi connectivity index (χ1n) is 44.8. The van der Waals surface area contributed by atoms with Gasteiger partial charge in [-0.25, -0.2) is 14.5 Å². The van der Waals surface area contributed by atoms with Gasteiger partial charge in [0.15, 0.2) is 48.6 Å². The van der Waals surface area contributed by atoms with E-state index < -0.39 is 0 Å². The van der Waals surface area contributed by atoms with Crippen LogP contribution in [0.5, 0.6) is 0 Å². The van der Waals surface area contributed by atoms with Gasteiger partial charge in [0.05, 0.1) is 75.5 Å². The van der Waals surface area contributed by atoms with Crippen molar-refractivity contribution in [2.24, 2.45) is 42.3 Å². The minimum absolute atomic E-state index is 0.346. The lowest BCUT2D eigenvalue weighted by molar-refractivity contribution is -0.659. The third-order valence-electron chi connectivity index (χ3n) is 25.5. The number of furan rings is 6. The SMILES string of the molecule is Cc1ccccc1-c1c2oc3cccc(C#N)c3c2cc[n+]1C.Cc1ccccc1-c1c2oc3ccccc3c2c(C#N)c[n+]1C.[C-]#[N+]c1ccc2c(c1)oc1c(-c3ccccc3C)[n+](C)ccc12.[C-]#[N+]c1ccc2c(n1)oc1c(-c3ccccc3C)[n+](C)ccc12.[C-]#[N+]c1ccc2oc3c(-c4ccccc4C)[n+](C)ccc3c2c1.[C-]#[N+]c1cccc2c1oc1c(-c3ccccc3C)[n+](C)ccc12. The summed E-state index contributed by atoms with van der Waals surface area (Å²) >= 11 is 0. The van der Waals surface area contributed by atoms with Crippen LogP contribution in [0.15, 0.2) is 349 Å². The molecule has 0 fully saturated rings. The molecule has 660 valence electrons. The zero-order valence-electron chi connectivity index (χ0n) is 77.9. The second kappa shape index (κ2) is 37.1. The van der Waals surface area contributed by atoms with Crippen LogP contribution in [0.4, 0.5) is 22.9 Å². The van der Waals surface area contributed by atoms with Crippen molar-refractivity contribution in [2.75, 3.05) is 0 Å². The maximum atomic E-state index is 9.55. The standard InChI is InChI=1S/5C20H15N2O.C19H14N3O/c1-13-7-4-5-8-14(13)18-20-16(11-12-22(18)3)15-9-6-10-17(21-2)19(15)23-20;1-13-6-4-5-7-15(13)19-20-16(10-11-22(19)3)17-12-14(21-2)8-9-18(17)23-20;1-13-6-4-5-7-15(13)19-20-17(10-11-22(19)3)16-9-8-14(21-2)12-18(16)23-20;1-13-7-3-4-8-15(13)19-20-18(14(11-21)12-22(19)2)16-9-5-6-10-17(16)23-20;1-13-6-3-4-8-15(13)19-20-16(10-11-22(19)2)18-14(12-21)7-5-9-17(18)23-20;1-12-6-4-5-7-13(12)17-18-14(10-11-22(17)3)15-8-9-16(20-2)21-19(15)23-18/h3*4-12H,1,3H3;3-10,12H,1-2H3;3-11H,1-2H3;4-11H,1,3H3/q6*+1. The van der Waals surface area contributed by atoms with Crippen molar-refractivity contribution in [3.05, 3.63) is 412 Å². The molecule has 0 atom stereocenters. The molecule has 0 saturated heterocycles. The summed E-state index contributed by atoms with van der Waals surface area (Å²) in [6.07, 6.45) is 12.1. The fourth-order valence-electron chi connectivity index (χ4n) is 18.6. The topological polar surface area (TPSA) is 180 Å². The van der Waals surface area contributed by atoms with Gasteiger partial charge >= 0.3 is 5.71 Å². The Labute approximate surface area is 795 Å². The smallest absolute Gasteiger partial charge is 0.323 e. The summed E-state index contributed by atoms with van der Waals surface area (Å²) in [5, 5.41) is 30.8. The molecule has 138 heavy (non-hydrogen) atoms. The first-order chi connectivity index (χ1) is 67.2. The molecule has 24 rings (SSSR count). The highest BCUT2D eigenvalue weighted by Gasteiger charge is 2.31. The van der Waals surface area contributed by atoms with E-state index in [0.717, 1.165) is 188 Å². The highest BCUT2D eigenvalue weighted by Crippen LogP contribution is 2.45. The van der Waals surface area contributed by atoms with Crippen molar-refractivity contribution in [3.8, 4) is 79.7 Å². The fraction of sp³-hybridized carbons (Fsp3) is 0.101. The van der Waals surface area contributed by atoms with Gasteiger partial charge in [0.25, 0.3) is 40.0 Å². The van der Waals surface area contributed by atoms with Gasteiger partial charge in [0, 0.05) is 84.2 Å². The zero-order valence-corrected chi connectivity index (χ0v) is 77.9. The molecule has 19 heteroatoms. The monoisotopic (exact) mass is 1800 g/mol. The third kappa shape index (κ3) is 16.0. The molecule has 0 aliphatic heterocycles. The van der Waals surface area contributed by atoms with Crippen LogP contribution in [0.25, 0.3) is 219 Å². The number of aromatic nitrogens is 7. The first-order valence-corrected chi connectivity index (χ1v) is 44.8. The largest absolute Gasteiger partial charge is 0.460 e. The maximum Gasteiger partial charge on any atom is 0.323 e. The number of rotatable bonds is 6. The maximum absolute atomic E-state index is 9.55. The Morgan fingerprint density at radius 3 is 1.11 bits per heavy atom. The number of nitrogens with zero attached hydrogens (tertiary/aromatic N) is 13. The lowest BCUT2D eigenvalue weighted by atomic mass is 10.0. The molecule has 13 heterocycles. The summed E-state index contributed by atoms with van der Waals surface area (Å²) in [6.45, 7) is 41.4. The van der Waals surface area contributed by atoms with E-state index in [2.05, 4.69) is 198 Å². The van der Waals surface area contributed by atoms with Crippen LogP contribution < -0.4 is 27.4 Å². The Bertz CT molecular complexity index is 9050. The van der Waals surface area contributed by atoms with Crippen molar-refractivity contribution in [3.63, 3.8) is 0 Å². The molecule has 0 radical (unpaired) electrons. The molecular formula is C119H89N13O6+6. The third-order valence-corrected chi connectivity index (χ3v) is 25.5. The summed E-state index contributed by atoms with van der Waals surface area (Å²) in [4.78, 5) is 18.3. The predicted octanol–water partition coefficient (Wildman–Crippen LogP) is 27.7. The van der Waals surface area contributed by atoms with E-state index >= 15 is 0 Å². The molecule has 0 amide bonds. The van der Waals surface area contributed by atoms with Crippen LogP contribution in [0.1, 0.15) is 44.5 Å². The normalized spacial score (nSPS) is 11.0. The molecule has 24 aromatic rings. The van der Waals surface area contributed by atoms with Gasteiger partial charge < -0.3 is 31.3 Å². The molecule has 13 aromatic heterocycles. The van der Waals surface area contributed by atoms with Gasteiger partial charge in [0.2, 0.25) is 39.2 Å². The Morgan fingerprint density at radius 1 is 0.261 bits per heavy atom. The Kier molecular flexibility index (Phi) is 23.8. The highest BCUT2D eigenvalue weighted by molar-refractivity contribution is 6.15. The van der Waals surface area contributed by atoms with Crippen molar-refractivity contribution in [1.82, 2.24) is 4.98 Å². The molecule has 0 aliphatic carbocycles. The van der Waals surface area contributed by atoms with Crippen LogP contribution in [-0.2, 0) is 42.3 Å². The van der Waals surface area contributed by atoms with E-state index in [0.29, 0.717) is 45.3 Å². The van der Waals surface area contributed by atoms with E-state index in [1.165, 1.54) is 33.4 Å². The number of hydrogen-bond donors (Lipinski definition) is 0. The zero-order chi connectivity index (χ0) is 95.8. The molecular weight excluding hydrogens is 1710 g/mol. The average molecular weight is 1800 g/mol. The minimum Gasteiger partial charge on any atom is -0.460 e. The van der Waals surface area contributed by atoms with Gasteiger partial charge in [-0.3, -0.25) is 0 Å². The molecule has 0 bridgehead atoms. The number of hydrogen-bond acceptors (Lipinski definition) is 9. The Balaban J connectivity index is 0.000000106. The van der Waals surface area contributed by atoms with E-state index in [4.69, 9.17) is 52.8 Å². The summed E-state index contributed by atoms with van der Waals surface area (Å²) in [7, 11) is 12.0. The van der Waals surface area contributed by atoms with Gasteiger partial charge in [-0.15, -0.1) is 0 Å². The van der Waals surface area contributed by atoms with E-state index in [1.54, 1.807) is 18.2 Å². The molecule has 0 saturated carbocycles. The molecule has 0 N–H and O–H groups in total. The predicted molar refractivity (Wildman–Crippen MR) is 543 cm³/mol. The number of nitriles is 2. The molecule has 0 unspecified atom stereocenters. The molecule has 0 aliphatic rings. The van der Waals surface area contributed by atoms with Crippen LogP contribution in [0, 0.1) is 90.5 Å².